The zero-order chi connectivity index (χ0) is 13.8. The third-order valence-corrected chi connectivity index (χ3v) is 4.17. The summed E-state index contributed by atoms with van der Waals surface area (Å²) in [5.41, 5.74) is 2.76. The van der Waals surface area contributed by atoms with Crippen LogP contribution < -0.4 is 0 Å². The van der Waals surface area contributed by atoms with E-state index in [0.717, 1.165) is 6.54 Å². The lowest BCUT2D eigenvalue weighted by Gasteiger charge is -2.07. The first-order chi connectivity index (χ1) is 9.92. The van der Waals surface area contributed by atoms with Crippen molar-refractivity contribution >= 4 is 21.8 Å². The maximum absolute atomic E-state index is 2.50. The van der Waals surface area contributed by atoms with Gasteiger partial charge in [-0.25, -0.2) is 0 Å². The number of aryl methyl sites for hydroxylation is 1. The second kappa shape index (κ2) is 6.13. The molecule has 0 aliphatic carbocycles. The van der Waals surface area contributed by atoms with E-state index in [1.54, 1.807) is 0 Å². The van der Waals surface area contributed by atoms with E-state index in [1.165, 1.54) is 53.9 Å². The Hall–Kier alpha value is -1.76. The van der Waals surface area contributed by atoms with Gasteiger partial charge >= 0.3 is 0 Å². The number of unbranched alkanes of at least 4 members (excludes halogenated alkanes) is 4. The molecule has 0 saturated heterocycles. The quantitative estimate of drug-likeness (QED) is 0.499. The van der Waals surface area contributed by atoms with E-state index in [4.69, 9.17) is 0 Å². The molecule has 3 rings (SSSR count). The third kappa shape index (κ3) is 2.45. The number of fused-ring (bicyclic) bond motifs is 3. The van der Waals surface area contributed by atoms with Crippen LogP contribution in [0.5, 0.6) is 0 Å². The van der Waals surface area contributed by atoms with Crippen LogP contribution in [-0.2, 0) is 6.54 Å². The Morgan fingerprint density at radius 3 is 1.85 bits per heavy atom. The van der Waals surface area contributed by atoms with Gasteiger partial charge in [-0.15, -0.1) is 0 Å². The van der Waals surface area contributed by atoms with Crippen molar-refractivity contribution in [3.05, 3.63) is 48.5 Å². The number of para-hydroxylation sites is 2. The summed E-state index contributed by atoms with van der Waals surface area (Å²) < 4.78 is 2.50. The lowest BCUT2D eigenvalue weighted by molar-refractivity contribution is 0.584. The van der Waals surface area contributed by atoms with Crippen molar-refractivity contribution in [2.75, 3.05) is 0 Å². The highest BCUT2D eigenvalue weighted by Crippen LogP contribution is 2.29. The molecule has 1 aromatic heterocycles. The van der Waals surface area contributed by atoms with E-state index in [1.807, 2.05) is 0 Å². The summed E-state index contributed by atoms with van der Waals surface area (Å²) in [7, 11) is 0. The molecule has 20 heavy (non-hydrogen) atoms. The molecule has 3 aromatic rings. The first kappa shape index (κ1) is 13.2. The normalized spacial score (nSPS) is 11.4. The van der Waals surface area contributed by atoms with Crippen molar-refractivity contribution < 1.29 is 0 Å². The average molecular weight is 265 g/mol. The molecule has 1 heteroatoms. The molecule has 0 aliphatic rings. The van der Waals surface area contributed by atoms with E-state index in [0.29, 0.717) is 0 Å². The molecule has 0 amide bonds. The first-order valence-electron chi connectivity index (χ1n) is 7.88. The smallest absolute Gasteiger partial charge is 0.0491 e. The van der Waals surface area contributed by atoms with Crippen LogP contribution in [0.2, 0.25) is 0 Å². The van der Waals surface area contributed by atoms with Crippen LogP contribution >= 0.6 is 0 Å². The van der Waals surface area contributed by atoms with Crippen LogP contribution in [0.15, 0.2) is 48.5 Å². The molecule has 0 atom stereocenters. The zero-order valence-electron chi connectivity index (χ0n) is 12.3. The van der Waals surface area contributed by atoms with E-state index < -0.39 is 0 Å². The Balaban J connectivity index is 1.91. The number of aromatic nitrogens is 1. The van der Waals surface area contributed by atoms with Crippen molar-refractivity contribution in [2.45, 2.75) is 45.6 Å². The van der Waals surface area contributed by atoms with Gasteiger partial charge in [-0.05, 0) is 18.6 Å². The minimum atomic E-state index is 1.14. The van der Waals surface area contributed by atoms with E-state index in [2.05, 4.69) is 60.0 Å². The molecule has 2 aromatic carbocycles. The molecular formula is C19H23N. The Labute approximate surface area is 121 Å². The Morgan fingerprint density at radius 2 is 1.25 bits per heavy atom. The maximum Gasteiger partial charge on any atom is 0.0491 e. The maximum atomic E-state index is 2.50. The second-order valence-corrected chi connectivity index (χ2v) is 5.60. The summed E-state index contributed by atoms with van der Waals surface area (Å²) in [6.07, 6.45) is 6.67. The molecule has 0 N–H and O–H groups in total. The fraction of sp³-hybridized carbons (Fsp3) is 0.368. The molecule has 0 spiro atoms. The first-order valence-corrected chi connectivity index (χ1v) is 7.88. The summed E-state index contributed by atoms with van der Waals surface area (Å²) in [5, 5.41) is 2.77. The largest absolute Gasteiger partial charge is 0.340 e. The number of rotatable bonds is 6. The van der Waals surface area contributed by atoms with Crippen molar-refractivity contribution in [3.63, 3.8) is 0 Å². The van der Waals surface area contributed by atoms with Crippen LogP contribution in [-0.4, -0.2) is 4.57 Å². The van der Waals surface area contributed by atoms with Gasteiger partial charge in [0.25, 0.3) is 0 Å². The predicted molar refractivity (Wildman–Crippen MR) is 88.2 cm³/mol. The average Bonchev–Trinajstić information content (AvgIpc) is 2.82. The summed E-state index contributed by atoms with van der Waals surface area (Å²) in [6.45, 7) is 3.41. The minimum Gasteiger partial charge on any atom is -0.340 e. The van der Waals surface area contributed by atoms with E-state index in [-0.39, 0.29) is 0 Å². The molecular weight excluding hydrogens is 242 g/mol. The summed E-state index contributed by atoms with van der Waals surface area (Å²) >= 11 is 0. The SMILES string of the molecule is CCCCCCCn1c2ccccc2c2ccccc21. The van der Waals surface area contributed by atoms with Crippen molar-refractivity contribution in [3.8, 4) is 0 Å². The van der Waals surface area contributed by atoms with Crippen molar-refractivity contribution in [1.29, 1.82) is 0 Å². The molecule has 0 saturated carbocycles. The van der Waals surface area contributed by atoms with Gasteiger partial charge in [-0.1, -0.05) is 69.0 Å². The van der Waals surface area contributed by atoms with Crippen molar-refractivity contribution in [2.24, 2.45) is 0 Å². The summed E-state index contributed by atoms with van der Waals surface area (Å²) in [6, 6.07) is 17.6. The highest BCUT2D eigenvalue weighted by molar-refractivity contribution is 6.07. The number of hydrogen-bond acceptors (Lipinski definition) is 0. The fourth-order valence-electron chi connectivity index (χ4n) is 3.12. The Kier molecular flexibility index (Phi) is 4.05. The third-order valence-electron chi connectivity index (χ3n) is 4.17. The van der Waals surface area contributed by atoms with Gasteiger partial charge in [0, 0.05) is 28.4 Å². The lowest BCUT2D eigenvalue weighted by Crippen LogP contribution is -1.97. The molecule has 0 bridgehead atoms. The molecule has 104 valence electrons. The number of hydrogen-bond donors (Lipinski definition) is 0. The lowest BCUT2D eigenvalue weighted by atomic mass is 10.1. The van der Waals surface area contributed by atoms with Crippen LogP contribution in [0.25, 0.3) is 21.8 Å². The van der Waals surface area contributed by atoms with Crippen LogP contribution in [0.1, 0.15) is 39.0 Å². The van der Waals surface area contributed by atoms with E-state index >= 15 is 0 Å². The van der Waals surface area contributed by atoms with Gasteiger partial charge in [0.15, 0.2) is 0 Å². The van der Waals surface area contributed by atoms with Gasteiger partial charge in [-0.3, -0.25) is 0 Å². The monoisotopic (exact) mass is 265 g/mol. The topological polar surface area (TPSA) is 4.93 Å². The molecule has 1 nitrogen and oxygen atoms in total. The summed E-state index contributed by atoms with van der Waals surface area (Å²) in [4.78, 5) is 0. The molecule has 0 radical (unpaired) electrons. The number of nitrogens with zero attached hydrogens (tertiary/aromatic N) is 1. The molecule has 0 aliphatic heterocycles. The van der Waals surface area contributed by atoms with Crippen LogP contribution in [0.4, 0.5) is 0 Å². The Morgan fingerprint density at radius 1 is 0.700 bits per heavy atom. The van der Waals surface area contributed by atoms with Gasteiger partial charge in [0.05, 0.1) is 0 Å². The van der Waals surface area contributed by atoms with Gasteiger partial charge < -0.3 is 4.57 Å². The zero-order valence-corrected chi connectivity index (χ0v) is 12.3. The molecule has 0 unspecified atom stereocenters. The number of benzene rings is 2. The minimum absolute atomic E-state index is 1.14. The standard InChI is InChI=1S/C19H23N/c1-2-3-4-5-10-15-20-18-13-8-6-11-16(18)17-12-7-9-14-19(17)20/h6-9,11-14H,2-5,10,15H2,1H3. The van der Waals surface area contributed by atoms with Crippen molar-refractivity contribution in [1.82, 2.24) is 4.57 Å². The van der Waals surface area contributed by atoms with Gasteiger partial charge in [0.2, 0.25) is 0 Å². The van der Waals surface area contributed by atoms with Crippen LogP contribution in [0.3, 0.4) is 0 Å². The highest BCUT2D eigenvalue weighted by atomic mass is 15.0. The highest BCUT2D eigenvalue weighted by Gasteiger charge is 2.08. The predicted octanol–water partition coefficient (Wildman–Crippen LogP) is 5.76. The Bertz CT molecular complexity index is 640. The molecule has 1 heterocycles. The molecule has 0 fully saturated rings. The van der Waals surface area contributed by atoms with Gasteiger partial charge in [0.1, 0.15) is 0 Å². The fourth-order valence-corrected chi connectivity index (χ4v) is 3.12. The second-order valence-electron chi connectivity index (χ2n) is 5.60. The van der Waals surface area contributed by atoms with E-state index in [9.17, 15) is 0 Å². The van der Waals surface area contributed by atoms with Crippen LogP contribution in [0, 0.1) is 0 Å². The van der Waals surface area contributed by atoms with Gasteiger partial charge in [-0.2, -0.15) is 0 Å². The summed E-state index contributed by atoms with van der Waals surface area (Å²) in [5.74, 6) is 0.